The molecule has 214 valence electrons. The first-order valence-electron chi connectivity index (χ1n) is 14.3. The maximum Gasteiger partial charge on any atom is 0.246 e. The van der Waals surface area contributed by atoms with Crippen LogP contribution in [0.5, 0.6) is 11.5 Å². The van der Waals surface area contributed by atoms with Crippen molar-refractivity contribution in [2.24, 2.45) is 11.8 Å². The lowest BCUT2D eigenvalue weighted by molar-refractivity contribution is -0.142. The quantitative estimate of drug-likeness (QED) is 0.501. The minimum absolute atomic E-state index is 0.0576. The van der Waals surface area contributed by atoms with E-state index in [9.17, 15) is 14.4 Å². The zero-order chi connectivity index (χ0) is 28.3. The fourth-order valence-electron chi connectivity index (χ4n) is 7.10. The lowest BCUT2D eigenvalue weighted by atomic mass is 9.74. The molecule has 9 nitrogen and oxygen atoms in total. The van der Waals surface area contributed by atoms with Crippen LogP contribution in [0.4, 0.5) is 5.69 Å². The summed E-state index contributed by atoms with van der Waals surface area (Å²) >= 11 is 6.29. The highest BCUT2D eigenvalue weighted by atomic mass is 35.5. The molecular formula is C31H32ClN3O6. The van der Waals surface area contributed by atoms with Crippen molar-refractivity contribution in [3.05, 3.63) is 64.7 Å². The largest absolute Gasteiger partial charge is 0.454 e. The normalized spacial score (nSPS) is 29.6. The number of benzene rings is 2. The molecule has 41 heavy (non-hydrogen) atoms. The number of likely N-dealkylation sites (tertiary alicyclic amines) is 1. The molecule has 3 fully saturated rings. The van der Waals surface area contributed by atoms with Crippen LogP contribution in [0.25, 0.3) is 0 Å². The van der Waals surface area contributed by atoms with E-state index in [1.54, 1.807) is 23.1 Å². The summed E-state index contributed by atoms with van der Waals surface area (Å²) in [4.78, 5) is 43.6. The molecule has 5 atom stereocenters. The molecule has 0 aromatic heterocycles. The molecule has 7 rings (SSSR count). The number of hydrogen-bond donors (Lipinski definition) is 2. The summed E-state index contributed by atoms with van der Waals surface area (Å²) in [7, 11) is 0. The SMILES string of the molecule is Cc1ccc(NC(=O)[C@@H]2[C@@H]3C=C[C@]4(O3)[C@@H]2C(=O)N(Cc2ccc3c(c2)OCO3)[C@@H]4C(=O)NC2CCCCC2)cc1Cl. The number of anilines is 1. The fraction of sp³-hybridized carbons (Fsp3) is 0.452. The van der Waals surface area contributed by atoms with Crippen LogP contribution in [0.1, 0.15) is 43.2 Å². The van der Waals surface area contributed by atoms with E-state index in [-0.39, 0.29) is 37.1 Å². The molecule has 2 saturated heterocycles. The van der Waals surface area contributed by atoms with Crippen molar-refractivity contribution in [3.63, 3.8) is 0 Å². The van der Waals surface area contributed by atoms with Crippen molar-refractivity contribution in [1.29, 1.82) is 0 Å². The second-order valence-electron chi connectivity index (χ2n) is 11.7. The maximum atomic E-state index is 14.3. The molecule has 1 saturated carbocycles. The molecule has 4 aliphatic heterocycles. The summed E-state index contributed by atoms with van der Waals surface area (Å²) in [6.07, 6.45) is 8.15. The third-order valence-corrected chi connectivity index (χ3v) is 9.51. The summed E-state index contributed by atoms with van der Waals surface area (Å²) in [5.41, 5.74) is 1.000. The Bertz CT molecular complexity index is 1460. The molecule has 2 aromatic carbocycles. The molecule has 2 N–H and O–H groups in total. The van der Waals surface area contributed by atoms with Crippen LogP contribution in [0.3, 0.4) is 0 Å². The van der Waals surface area contributed by atoms with Gasteiger partial charge >= 0.3 is 0 Å². The standard InChI is InChI=1S/C31H32ClN3O6/c1-17-7-9-20(14-21(17)32)34-28(36)25-23-11-12-31(41-23)26(25)30(38)35(15-18-8-10-22-24(13-18)40-16-39-22)27(31)29(37)33-19-5-3-2-4-6-19/h7-14,19,23,25-27H,2-6,15-16H2,1H3,(H,33,37)(H,34,36)/t23-,25+,26-,27+,31-/m0/s1. The smallest absolute Gasteiger partial charge is 0.246 e. The van der Waals surface area contributed by atoms with Crippen molar-refractivity contribution in [2.45, 2.75) is 69.4 Å². The van der Waals surface area contributed by atoms with Gasteiger partial charge in [-0.1, -0.05) is 55.1 Å². The van der Waals surface area contributed by atoms with E-state index in [0.717, 1.165) is 43.2 Å². The van der Waals surface area contributed by atoms with Crippen molar-refractivity contribution in [3.8, 4) is 11.5 Å². The van der Waals surface area contributed by atoms with Gasteiger partial charge in [0.2, 0.25) is 24.5 Å². The summed E-state index contributed by atoms with van der Waals surface area (Å²) < 4.78 is 17.5. The minimum atomic E-state index is -1.23. The van der Waals surface area contributed by atoms with Crippen molar-refractivity contribution in [2.75, 3.05) is 12.1 Å². The van der Waals surface area contributed by atoms with Crippen LogP contribution in [0.2, 0.25) is 5.02 Å². The first kappa shape index (κ1) is 26.3. The van der Waals surface area contributed by atoms with Crippen LogP contribution in [0.15, 0.2) is 48.6 Å². The number of rotatable bonds is 6. The number of fused-ring (bicyclic) bond motifs is 2. The molecule has 1 spiro atoms. The van der Waals surface area contributed by atoms with E-state index < -0.39 is 29.6 Å². The lowest BCUT2D eigenvalue weighted by Crippen LogP contribution is -2.56. The number of carbonyl (C=O) groups is 3. The Kier molecular flexibility index (Phi) is 6.47. The summed E-state index contributed by atoms with van der Waals surface area (Å²) in [5.74, 6) is -1.25. The molecule has 0 radical (unpaired) electrons. The third-order valence-electron chi connectivity index (χ3n) is 9.11. The van der Waals surface area contributed by atoms with E-state index in [1.165, 1.54) is 0 Å². The number of halogens is 1. The van der Waals surface area contributed by atoms with Crippen molar-refractivity contribution >= 4 is 35.0 Å². The number of amides is 3. The monoisotopic (exact) mass is 577 g/mol. The van der Waals surface area contributed by atoms with Gasteiger partial charge in [-0.05, 0) is 55.2 Å². The van der Waals surface area contributed by atoms with Crippen molar-refractivity contribution in [1.82, 2.24) is 10.2 Å². The Balaban J connectivity index is 1.21. The Morgan fingerprint density at radius 2 is 1.85 bits per heavy atom. The second kappa shape index (κ2) is 10.1. The molecule has 4 heterocycles. The molecule has 10 heteroatoms. The second-order valence-corrected chi connectivity index (χ2v) is 12.1. The zero-order valence-electron chi connectivity index (χ0n) is 22.7. The zero-order valence-corrected chi connectivity index (χ0v) is 23.5. The van der Waals surface area contributed by atoms with Gasteiger partial charge in [-0.3, -0.25) is 14.4 Å². The van der Waals surface area contributed by atoms with Gasteiger partial charge in [-0.2, -0.15) is 0 Å². The first-order chi connectivity index (χ1) is 19.8. The minimum Gasteiger partial charge on any atom is -0.454 e. The van der Waals surface area contributed by atoms with Crippen LogP contribution < -0.4 is 20.1 Å². The van der Waals surface area contributed by atoms with Crippen LogP contribution in [-0.2, 0) is 25.7 Å². The number of nitrogens with zero attached hydrogens (tertiary/aromatic N) is 1. The molecule has 2 aromatic rings. The van der Waals surface area contributed by atoms with E-state index >= 15 is 0 Å². The highest BCUT2D eigenvalue weighted by molar-refractivity contribution is 6.31. The van der Waals surface area contributed by atoms with E-state index in [0.29, 0.717) is 22.2 Å². The average molecular weight is 578 g/mol. The summed E-state index contributed by atoms with van der Waals surface area (Å²) in [5, 5.41) is 6.68. The van der Waals surface area contributed by atoms with Gasteiger partial charge in [0.15, 0.2) is 11.5 Å². The van der Waals surface area contributed by atoms with Gasteiger partial charge in [-0.15, -0.1) is 0 Å². The highest BCUT2D eigenvalue weighted by Gasteiger charge is 2.72. The van der Waals surface area contributed by atoms with Gasteiger partial charge < -0.3 is 29.7 Å². The molecule has 1 aliphatic carbocycles. The van der Waals surface area contributed by atoms with Gasteiger partial charge in [0, 0.05) is 23.3 Å². The number of hydrogen-bond acceptors (Lipinski definition) is 6. The lowest BCUT2D eigenvalue weighted by Gasteiger charge is -2.34. The molecular weight excluding hydrogens is 546 g/mol. The van der Waals surface area contributed by atoms with E-state index in [4.69, 9.17) is 25.8 Å². The first-order valence-corrected chi connectivity index (χ1v) is 14.7. The van der Waals surface area contributed by atoms with Gasteiger partial charge in [0.05, 0.1) is 17.9 Å². The highest BCUT2D eigenvalue weighted by Crippen LogP contribution is 2.55. The summed E-state index contributed by atoms with van der Waals surface area (Å²) in [6.45, 7) is 2.19. The molecule has 3 amide bonds. The number of carbonyl (C=O) groups excluding carboxylic acids is 3. The average Bonchev–Trinajstić information content (AvgIpc) is 3.72. The van der Waals surface area contributed by atoms with Crippen LogP contribution in [0, 0.1) is 18.8 Å². The number of aryl methyl sites for hydroxylation is 1. The Hall–Kier alpha value is -3.56. The van der Waals surface area contributed by atoms with E-state index in [2.05, 4.69) is 10.6 Å². The molecule has 0 unspecified atom stereocenters. The topological polar surface area (TPSA) is 106 Å². The summed E-state index contributed by atoms with van der Waals surface area (Å²) in [6, 6.07) is 9.94. The predicted molar refractivity (Wildman–Crippen MR) is 150 cm³/mol. The van der Waals surface area contributed by atoms with Gasteiger partial charge in [0.1, 0.15) is 11.6 Å². The van der Waals surface area contributed by atoms with Crippen molar-refractivity contribution < 1.29 is 28.6 Å². The Morgan fingerprint density at radius 3 is 2.66 bits per heavy atom. The van der Waals surface area contributed by atoms with E-state index in [1.807, 2.05) is 37.3 Å². The van der Waals surface area contributed by atoms with Gasteiger partial charge in [-0.25, -0.2) is 0 Å². The fourth-order valence-corrected chi connectivity index (χ4v) is 7.28. The Labute approximate surface area is 243 Å². The maximum absolute atomic E-state index is 14.3. The number of ether oxygens (including phenoxy) is 3. The Morgan fingerprint density at radius 1 is 1.05 bits per heavy atom. The van der Waals surface area contributed by atoms with Gasteiger partial charge in [0.25, 0.3) is 0 Å². The molecule has 5 aliphatic rings. The van der Waals surface area contributed by atoms with Crippen LogP contribution in [-0.4, -0.2) is 53.2 Å². The molecule has 2 bridgehead atoms. The predicted octanol–water partition coefficient (Wildman–Crippen LogP) is 4.12. The third kappa shape index (κ3) is 4.37. The number of nitrogens with one attached hydrogen (secondary N) is 2. The van der Waals surface area contributed by atoms with Crippen LogP contribution >= 0.6 is 11.6 Å².